The second-order valence-electron chi connectivity index (χ2n) is 7.43. The predicted octanol–water partition coefficient (Wildman–Crippen LogP) is 5.49. The Kier molecular flexibility index (Phi) is 19.4. The summed E-state index contributed by atoms with van der Waals surface area (Å²) in [4.78, 5) is 22.4. The number of esters is 2. The zero-order valence-corrected chi connectivity index (χ0v) is 18.1. The SMILES string of the molecule is CCCCCCCC/C=C/CCCCCCCC(=O)O[C@@H](CO)COC(C)=O. The van der Waals surface area contributed by atoms with E-state index >= 15 is 0 Å². The zero-order valence-electron chi connectivity index (χ0n) is 18.1. The molecule has 164 valence electrons. The third-order valence-corrected chi connectivity index (χ3v) is 4.62. The van der Waals surface area contributed by atoms with Gasteiger partial charge in [0.15, 0.2) is 6.10 Å². The van der Waals surface area contributed by atoms with Crippen molar-refractivity contribution in [2.75, 3.05) is 13.2 Å². The summed E-state index contributed by atoms with van der Waals surface area (Å²) in [5, 5.41) is 9.12. The van der Waals surface area contributed by atoms with Crippen LogP contribution >= 0.6 is 0 Å². The second kappa shape index (κ2) is 20.4. The van der Waals surface area contributed by atoms with E-state index in [1.165, 1.54) is 64.7 Å². The molecule has 0 aliphatic rings. The molecule has 5 nitrogen and oxygen atoms in total. The molecule has 0 aromatic rings. The van der Waals surface area contributed by atoms with E-state index in [1.807, 2.05) is 0 Å². The lowest BCUT2D eigenvalue weighted by Crippen LogP contribution is -2.28. The Hall–Kier alpha value is -1.36. The average molecular weight is 399 g/mol. The van der Waals surface area contributed by atoms with Crippen LogP contribution in [0.25, 0.3) is 0 Å². The van der Waals surface area contributed by atoms with Crippen molar-refractivity contribution in [2.24, 2.45) is 0 Å². The van der Waals surface area contributed by atoms with Gasteiger partial charge in [0.05, 0.1) is 6.61 Å². The van der Waals surface area contributed by atoms with E-state index < -0.39 is 12.1 Å². The lowest BCUT2D eigenvalue weighted by molar-refractivity contribution is -0.160. The average Bonchev–Trinajstić information content (AvgIpc) is 2.68. The van der Waals surface area contributed by atoms with Gasteiger partial charge in [-0.25, -0.2) is 0 Å². The molecule has 0 aromatic carbocycles. The number of carbonyl (C=O) groups excluding carboxylic acids is 2. The van der Waals surface area contributed by atoms with Gasteiger partial charge >= 0.3 is 11.9 Å². The van der Waals surface area contributed by atoms with Gasteiger partial charge in [0.2, 0.25) is 0 Å². The van der Waals surface area contributed by atoms with E-state index in [-0.39, 0.29) is 19.2 Å². The molecule has 0 aliphatic carbocycles. The van der Waals surface area contributed by atoms with E-state index in [2.05, 4.69) is 19.1 Å². The van der Waals surface area contributed by atoms with Crippen LogP contribution < -0.4 is 0 Å². The molecule has 0 aromatic heterocycles. The van der Waals surface area contributed by atoms with Gasteiger partial charge in [0, 0.05) is 13.3 Å². The first-order valence-corrected chi connectivity index (χ1v) is 11.2. The molecule has 0 aliphatic heterocycles. The highest BCUT2D eigenvalue weighted by Gasteiger charge is 2.14. The maximum absolute atomic E-state index is 11.7. The molecule has 0 fully saturated rings. The molecule has 0 radical (unpaired) electrons. The zero-order chi connectivity index (χ0) is 20.9. The number of aliphatic hydroxyl groups excluding tert-OH is 1. The fourth-order valence-corrected chi connectivity index (χ4v) is 2.92. The van der Waals surface area contributed by atoms with Crippen molar-refractivity contribution in [3.63, 3.8) is 0 Å². The maximum atomic E-state index is 11.7. The molecule has 0 amide bonds. The summed E-state index contributed by atoms with van der Waals surface area (Å²) in [5.41, 5.74) is 0. The molecule has 28 heavy (non-hydrogen) atoms. The summed E-state index contributed by atoms with van der Waals surface area (Å²) >= 11 is 0. The summed E-state index contributed by atoms with van der Waals surface area (Å²) in [7, 11) is 0. The van der Waals surface area contributed by atoms with E-state index in [9.17, 15) is 9.59 Å². The molecule has 1 N–H and O–H groups in total. The van der Waals surface area contributed by atoms with Crippen LogP contribution in [-0.4, -0.2) is 36.4 Å². The van der Waals surface area contributed by atoms with Crippen LogP contribution in [0.5, 0.6) is 0 Å². The van der Waals surface area contributed by atoms with E-state index in [0.29, 0.717) is 6.42 Å². The van der Waals surface area contributed by atoms with Crippen LogP contribution in [0.1, 0.15) is 104 Å². The van der Waals surface area contributed by atoms with Crippen LogP contribution in [0, 0.1) is 0 Å². The normalized spacial score (nSPS) is 12.2. The van der Waals surface area contributed by atoms with Gasteiger partial charge in [-0.2, -0.15) is 0 Å². The lowest BCUT2D eigenvalue weighted by atomic mass is 10.1. The minimum absolute atomic E-state index is 0.0933. The molecule has 0 rings (SSSR count). The first-order chi connectivity index (χ1) is 13.6. The van der Waals surface area contributed by atoms with Gasteiger partial charge in [0.25, 0.3) is 0 Å². The van der Waals surface area contributed by atoms with Gasteiger partial charge in [-0.1, -0.05) is 70.4 Å². The van der Waals surface area contributed by atoms with E-state index in [1.54, 1.807) is 0 Å². The Morgan fingerprint density at radius 3 is 1.93 bits per heavy atom. The Morgan fingerprint density at radius 2 is 1.39 bits per heavy atom. The number of carbonyl (C=O) groups is 2. The van der Waals surface area contributed by atoms with E-state index in [4.69, 9.17) is 14.6 Å². The molecule has 0 heterocycles. The van der Waals surface area contributed by atoms with Crippen molar-refractivity contribution in [1.29, 1.82) is 0 Å². The molecule has 0 unspecified atom stereocenters. The quantitative estimate of drug-likeness (QED) is 0.177. The number of allylic oxidation sites excluding steroid dienone is 2. The maximum Gasteiger partial charge on any atom is 0.306 e. The van der Waals surface area contributed by atoms with Gasteiger partial charge in [-0.3, -0.25) is 9.59 Å². The number of ether oxygens (including phenoxy) is 2. The number of rotatable bonds is 19. The van der Waals surface area contributed by atoms with Crippen molar-refractivity contribution in [3.8, 4) is 0 Å². The molecule has 0 saturated heterocycles. The molecule has 0 spiro atoms. The van der Waals surface area contributed by atoms with Gasteiger partial charge in [-0.05, 0) is 32.1 Å². The van der Waals surface area contributed by atoms with E-state index in [0.717, 1.165) is 25.7 Å². The Bertz CT molecular complexity index is 406. The van der Waals surface area contributed by atoms with Crippen molar-refractivity contribution in [1.82, 2.24) is 0 Å². The number of hydrogen-bond acceptors (Lipinski definition) is 5. The predicted molar refractivity (Wildman–Crippen MR) is 113 cm³/mol. The fraction of sp³-hybridized carbons (Fsp3) is 0.826. The van der Waals surface area contributed by atoms with Crippen LogP contribution in [0.3, 0.4) is 0 Å². The number of aliphatic hydroxyl groups is 1. The number of hydrogen-bond donors (Lipinski definition) is 1. The highest BCUT2D eigenvalue weighted by atomic mass is 16.6. The fourth-order valence-electron chi connectivity index (χ4n) is 2.92. The first kappa shape index (κ1) is 26.6. The third kappa shape index (κ3) is 19.4. The minimum Gasteiger partial charge on any atom is -0.462 e. The van der Waals surface area contributed by atoms with Crippen molar-refractivity contribution in [2.45, 2.75) is 110 Å². The minimum atomic E-state index is -0.764. The third-order valence-electron chi connectivity index (χ3n) is 4.62. The molecule has 5 heteroatoms. The van der Waals surface area contributed by atoms with Crippen LogP contribution in [0.15, 0.2) is 12.2 Å². The summed E-state index contributed by atoms with van der Waals surface area (Å²) in [6.07, 6.45) is 20.0. The molecule has 0 bridgehead atoms. The highest BCUT2D eigenvalue weighted by molar-refractivity contribution is 5.69. The lowest BCUT2D eigenvalue weighted by Gasteiger charge is -2.15. The van der Waals surface area contributed by atoms with Crippen LogP contribution in [-0.2, 0) is 19.1 Å². The van der Waals surface area contributed by atoms with Gasteiger partial charge < -0.3 is 14.6 Å². The Morgan fingerprint density at radius 1 is 0.857 bits per heavy atom. The largest absolute Gasteiger partial charge is 0.462 e. The van der Waals surface area contributed by atoms with Gasteiger partial charge in [0.1, 0.15) is 6.61 Å². The molecule has 0 saturated carbocycles. The standard InChI is InChI=1S/C23H42O5/c1-3-4-5-6-7-8-9-10-11-12-13-14-15-16-17-18-23(26)28-22(19-24)20-27-21(2)25/h10-11,22,24H,3-9,12-20H2,1-2H3/b11-10+/t22-/m0/s1. The first-order valence-electron chi connectivity index (χ1n) is 11.2. The summed E-state index contributed by atoms with van der Waals surface area (Å²) < 4.78 is 9.84. The highest BCUT2D eigenvalue weighted by Crippen LogP contribution is 2.10. The Balaban J connectivity index is 3.43. The summed E-state index contributed by atoms with van der Waals surface area (Å²) in [6.45, 7) is 3.09. The van der Waals surface area contributed by atoms with Gasteiger partial charge in [-0.15, -0.1) is 0 Å². The number of unbranched alkanes of at least 4 members (excludes halogenated alkanes) is 11. The summed E-state index contributed by atoms with van der Waals surface area (Å²) in [6, 6.07) is 0. The Labute approximate surface area is 171 Å². The topological polar surface area (TPSA) is 72.8 Å². The van der Waals surface area contributed by atoms with Crippen molar-refractivity contribution < 1.29 is 24.2 Å². The van der Waals surface area contributed by atoms with Crippen LogP contribution in [0.2, 0.25) is 0 Å². The van der Waals surface area contributed by atoms with Crippen molar-refractivity contribution in [3.05, 3.63) is 12.2 Å². The second-order valence-corrected chi connectivity index (χ2v) is 7.43. The molecular weight excluding hydrogens is 356 g/mol. The monoisotopic (exact) mass is 398 g/mol. The smallest absolute Gasteiger partial charge is 0.306 e. The molecule has 1 atom stereocenters. The van der Waals surface area contributed by atoms with Crippen LogP contribution in [0.4, 0.5) is 0 Å². The summed E-state index contributed by atoms with van der Waals surface area (Å²) in [5.74, 6) is -0.796. The molecular formula is C23H42O5. The van der Waals surface area contributed by atoms with Crippen molar-refractivity contribution >= 4 is 11.9 Å².